The SMILES string of the molecule is CC(C)(C)OC(=O)N1C[C@H](CN)C[C@H]1CO[Si](c1ccccc1)(c1ccccc1)C(C)(C)C. The Morgan fingerprint density at radius 2 is 1.48 bits per heavy atom. The molecule has 0 unspecified atom stereocenters. The van der Waals surface area contributed by atoms with Crippen LogP contribution in [0.15, 0.2) is 60.7 Å². The second-order valence-electron chi connectivity index (χ2n) is 11.1. The first-order valence-corrected chi connectivity index (χ1v) is 13.8. The molecule has 180 valence electrons. The molecule has 0 bridgehead atoms. The van der Waals surface area contributed by atoms with E-state index in [1.807, 2.05) is 37.8 Å². The zero-order chi connectivity index (χ0) is 24.3. The van der Waals surface area contributed by atoms with Crippen molar-refractivity contribution in [3.8, 4) is 0 Å². The van der Waals surface area contributed by atoms with Crippen molar-refractivity contribution >= 4 is 24.8 Å². The summed E-state index contributed by atoms with van der Waals surface area (Å²) < 4.78 is 12.8. The zero-order valence-corrected chi connectivity index (χ0v) is 22.0. The first-order chi connectivity index (χ1) is 15.5. The monoisotopic (exact) mass is 468 g/mol. The Morgan fingerprint density at radius 1 is 0.970 bits per heavy atom. The fraction of sp³-hybridized carbons (Fsp3) is 0.519. The molecule has 33 heavy (non-hydrogen) atoms. The minimum atomic E-state index is -2.67. The number of hydrogen-bond acceptors (Lipinski definition) is 4. The third-order valence-corrected chi connectivity index (χ3v) is 11.4. The fourth-order valence-electron chi connectivity index (χ4n) is 4.87. The maximum atomic E-state index is 13.0. The van der Waals surface area contributed by atoms with Gasteiger partial charge in [0, 0.05) is 6.54 Å². The molecule has 1 aliphatic rings. The van der Waals surface area contributed by atoms with E-state index in [1.54, 1.807) is 0 Å². The Hall–Kier alpha value is -2.15. The standard InChI is InChI=1S/C27H40N2O3Si/c1-26(2,3)32-25(30)29-19-21(18-28)17-22(29)20-31-33(27(4,5)6,23-13-9-7-10-14-23)24-15-11-8-12-16-24/h7-16,21-22H,17-20,28H2,1-6H3/t21-,22-/m0/s1. The summed E-state index contributed by atoms with van der Waals surface area (Å²) >= 11 is 0. The Bertz CT molecular complexity index is 867. The number of nitrogens with zero attached hydrogens (tertiary/aromatic N) is 1. The molecule has 6 heteroatoms. The van der Waals surface area contributed by atoms with E-state index in [9.17, 15) is 4.79 Å². The Morgan fingerprint density at radius 3 is 1.91 bits per heavy atom. The van der Waals surface area contributed by atoms with Crippen LogP contribution in [-0.2, 0) is 9.16 Å². The average Bonchev–Trinajstić information content (AvgIpc) is 3.17. The molecule has 2 aromatic rings. The third-order valence-electron chi connectivity index (χ3n) is 6.37. The Balaban J connectivity index is 1.97. The van der Waals surface area contributed by atoms with Gasteiger partial charge < -0.3 is 19.8 Å². The predicted octanol–water partition coefficient (Wildman–Crippen LogP) is 4.15. The summed E-state index contributed by atoms with van der Waals surface area (Å²) in [5.41, 5.74) is 5.47. The lowest BCUT2D eigenvalue weighted by Crippen LogP contribution is -2.67. The number of benzene rings is 2. The summed E-state index contributed by atoms with van der Waals surface area (Å²) in [5, 5.41) is 2.36. The van der Waals surface area contributed by atoms with Crippen molar-refractivity contribution in [1.82, 2.24) is 4.90 Å². The second-order valence-corrected chi connectivity index (χ2v) is 15.4. The van der Waals surface area contributed by atoms with Gasteiger partial charge in [0.25, 0.3) is 8.32 Å². The molecule has 0 aromatic heterocycles. The van der Waals surface area contributed by atoms with Crippen molar-refractivity contribution in [1.29, 1.82) is 0 Å². The molecule has 1 amide bonds. The maximum Gasteiger partial charge on any atom is 0.410 e. The zero-order valence-electron chi connectivity index (χ0n) is 21.0. The molecule has 0 aliphatic carbocycles. The van der Waals surface area contributed by atoms with Gasteiger partial charge in [-0.2, -0.15) is 0 Å². The number of nitrogens with two attached hydrogens (primary N) is 1. The smallest absolute Gasteiger partial charge is 0.410 e. The van der Waals surface area contributed by atoms with Gasteiger partial charge in [0.05, 0.1) is 12.6 Å². The summed E-state index contributed by atoms with van der Waals surface area (Å²) in [6.07, 6.45) is 0.544. The molecule has 1 fully saturated rings. The molecule has 0 spiro atoms. The summed E-state index contributed by atoms with van der Waals surface area (Å²) in [6, 6.07) is 21.1. The van der Waals surface area contributed by atoms with Crippen LogP contribution in [0, 0.1) is 5.92 Å². The van der Waals surface area contributed by atoms with Gasteiger partial charge in [-0.1, -0.05) is 81.4 Å². The van der Waals surface area contributed by atoms with Crippen molar-refractivity contribution in [3.63, 3.8) is 0 Å². The minimum absolute atomic E-state index is 0.0601. The molecule has 1 aliphatic heterocycles. The quantitative estimate of drug-likeness (QED) is 0.647. The summed E-state index contributed by atoms with van der Waals surface area (Å²) in [7, 11) is -2.67. The van der Waals surface area contributed by atoms with E-state index in [0.29, 0.717) is 19.7 Å². The van der Waals surface area contributed by atoms with Crippen LogP contribution in [-0.4, -0.2) is 50.6 Å². The van der Waals surface area contributed by atoms with E-state index in [-0.39, 0.29) is 23.1 Å². The lowest BCUT2D eigenvalue weighted by molar-refractivity contribution is 0.0180. The van der Waals surface area contributed by atoms with E-state index in [4.69, 9.17) is 14.9 Å². The first kappa shape index (κ1) is 25.5. The van der Waals surface area contributed by atoms with Crippen LogP contribution in [0.2, 0.25) is 5.04 Å². The van der Waals surface area contributed by atoms with Crippen LogP contribution < -0.4 is 16.1 Å². The molecule has 5 nitrogen and oxygen atoms in total. The maximum absolute atomic E-state index is 13.0. The largest absolute Gasteiger partial charge is 0.444 e. The second kappa shape index (κ2) is 10.00. The van der Waals surface area contributed by atoms with Gasteiger partial charge in [-0.3, -0.25) is 0 Å². The van der Waals surface area contributed by atoms with Gasteiger partial charge in [0.1, 0.15) is 5.60 Å². The number of carbonyl (C=O) groups is 1. The van der Waals surface area contributed by atoms with Crippen molar-refractivity contribution < 1.29 is 14.0 Å². The van der Waals surface area contributed by atoms with Crippen molar-refractivity contribution in [3.05, 3.63) is 60.7 Å². The third kappa shape index (κ3) is 5.68. The number of rotatable bonds is 6. The average molecular weight is 469 g/mol. The highest BCUT2D eigenvalue weighted by Crippen LogP contribution is 2.37. The minimum Gasteiger partial charge on any atom is -0.444 e. The molecule has 2 N–H and O–H groups in total. The lowest BCUT2D eigenvalue weighted by Gasteiger charge is -2.44. The predicted molar refractivity (Wildman–Crippen MR) is 137 cm³/mol. The van der Waals surface area contributed by atoms with E-state index < -0.39 is 13.9 Å². The number of hydrogen-bond donors (Lipinski definition) is 1. The van der Waals surface area contributed by atoms with Gasteiger partial charge in [0.2, 0.25) is 0 Å². The molecular formula is C27H40N2O3Si. The van der Waals surface area contributed by atoms with Gasteiger partial charge in [0.15, 0.2) is 0 Å². The van der Waals surface area contributed by atoms with E-state index in [2.05, 4.69) is 69.3 Å². The van der Waals surface area contributed by atoms with E-state index in [0.717, 1.165) is 6.42 Å². The van der Waals surface area contributed by atoms with Crippen LogP contribution >= 0.6 is 0 Å². The molecule has 3 rings (SSSR count). The van der Waals surface area contributed by atoms with Crippen molar-refractivity contribution in [2.75, 3.05) is 19.7 Å². The first-order valence-electron chi connectivity index (χ1n) is 11.9. The van der Waals surface area contributed by atoms with Gasteiger partial charge >= 0.3 is 6.09 Å². The molecule has 1 saturated heterocycles. The topological polar surface area (TPSA) is 64.8 Å². The van der Waals surface area contributed by atoms with Gasteiger partial charge in [-0.05, 0) is 55.1 Å². The Labute approximate surface area is 200 Å². The van der Waals surface area contributed by atoms with Crippen LogP contribution in [0.4, 0.5) is 4.79 Å². The van der Waals surface area contributed by atoms with Gasteiger partial charge in [-0.15, -0.1) is 0 Å². The number of carbonyl (C=O) groups excluding carboxylic acids is 1. The summed E-state index contributed by atoms with van der Waals surface area (Å²) in [5.74, 6) is 0.255. The summed E-state index contributed by atoms with van der Waals surface area (Å²) in [6.45, 7) is 14.1. The molecular weight excluding hydrogens is 428 g/mol. The molecule has 1 heterocycles. The van der Waals surface area contributed by atoms with E-state index >= 15 is 0 Å². The van der Waals surface area contributed by atoms with Gasteiger partial charge in [-0.25, -0.2) is 4.79 Å². The normalized spacial score (nSPS) is 19.5. The van der Waals surface area contributed by atoms with Crippen molar-refractivity contribution in [2.24, 2.45) is 11.7 Å². The van der Waals surface area contributed by atoms with Crippen LogP contribution in [0.5, 0.6) is 0 Å². The molecule has 2 atom stereocenters. The Kier molecular flexibility index (Phi) is 7.71. The van der Waals surface area contributed by atoms with Crippen LogP contribution in [0.1, 0.15) is 48.0 Å². The number of likely N-dealkylation sites (tertiary alicyclic amines) is 1. The lowest BCUT2D eigenvalue weighted by atomic mass is 10.1. The highest BCUT2D eigenvalue weighted by molar-refractivity contribution is 6.99. The van der Waals surface area contributed by atoms with E-state index in [1.165, 1.54) is 10.4 Å². The highest BCUT2D eigenvalue weighted by Gasteiger charge is 2.51. The fourth-order valence-corrected chi connectivity index (χ4v) is 9.47. The molecule has 0 saturated carbocycles. The molecule has 2 aromatic carbocycles. The molecule has 0 radical (unpaired) electrons. The van der Waals surface area contributed by atoms with Crippen LogP contribution in [0.3, 0.4) is 0 Å². The number of ether oxygens (including phenoxy) is 1. The highest BCUT2D eigenvalue weighted by atomic mass is 28.4. The van der Waals surface area contributed by atoms with Crippen molar-refractivity contribution in [2.45, 2.75) is 64.6 Å². The van der Waals surface area contributed by atoms with Crippen LogP contribution in [0.25, 0.3) is 0 Å². The number of amides is 1. The summed E-state index contributed by atoms with van der Waals surface area (Å²) in [4.78, 5) is 14.8.